The molecule has 0 amide bonds. The highest BCUT2D eigenvalue weighted by atomic mass is 16.5. The second-order valence-corrected chi connectivity index (χ2v) is 3.16. The molecule has 1 radical (unpaired) electrons. The molecule has 1 rings (SSSR count). The minimum absolute atomic E-state index is 0.427. The molecular weight excluding hydrogens is 164 g/mol. The van der Waals surface area contributed by atoms with Crippen LogP contribution in [-0.2, 0) is 6.42 Å². The summed E-state index contributed by atoms with van der Waals surface area (Å²) in [7, 11) is 1.63. The summed E-state index contributed by atoms with van der Waals surface area (Å²) >= 11 is 0. The zero-order valence-electron chi connectivity index (χ0n) is 8.12. The van der Waals surface area contributed by atoms with E-state index >= 15 is 0 Å². The lowest BCUT2D eigenvalue weighted by molar-refractivity contribution is 0.403. The minimum atomic E-state index is 0.427. The summed E-state index contributed by atoms with van der Waals surface area (Å²) in [5, 5.41) is 0. The van der Waals surface area contributed by atoms with E-state index in [9.17, 15) is 0 Å². The molecule has 1 unspecified atom stereocenters. The van der Waals surface area contributed by atoms with Gasteiger partial charge in [0.25, 0.3) is 0 Å². The van der Waals surface area contributed by atoms with Crippen molar-refractivity contribution in [2.75, 3.05) is 7.11 Å². The summed E-state index contributed by atoms with van der Waals surface area (Å²) < 4.78 is 10.3. The topological polar surface area (TPSA) is 22.4 Å². The van der Waals surface area contributed by atoms with Gasteiger partial charge in [0.15, 0.2) is 5.75 Å². The van der Waals surface area contributed by atoms with E-state index in [1.807, 2.05) is 6.07 Å². The van der Waals surface area contributed by atoms with Crippen molar-refractivity contribution in [3.05, 3.63) is 30.7 Å². The second kappa shape index (κ2) is 4.75. The summed E-state index contributed by atoms with van der Waals surface area (Å²) in [4.78, 5) is 0. The Morgan fingerprint density at radius 2 is 2.46 bits per heavy atom. The molecule has 0 aliphatic rings. The molecule has 0 spiro atoms. The summed E-state index contributed by atoms with van der Waals surface area (Å²) in [5.41, 5.74) is 0. The molecule has 0 bridgehead atoms. The molecule has 71 valence electrons. The first-order valence-electron chi connectivity index (χ1n) is 4.42. The first-order valence-corrected chi connectivity index (χ1v) is 4.42. The molecule has 1 aromatic heterocycles. The van der Waals surface area contributed by atoms with Crippen LogP contribution in [0.2, 0.25) is 0 Å². The van der Waals surface area contributed by atoms with E-state index < -0.39 is 0 Å². The Balaban J connectivity index is 2.40. The third-order valence-corrected chi connectivity index (χ3v) is 2.04. The first kappa shape index (κ1) is 9.90. The zero-order chi connectivity index (χ0) is 9.68. The molecule has 13 heavy (non-hydrogen) atoms. The van der Waals surface area contributed by atoms with E-state index in [1.54, 1.807) is 19.4 Å². The predicted molar refractivity (Wildman–Crippen MR) is 51.6 cm³/mol. The van der Waals surface area contributed by atoms with Gasteiger partial charge in [-0.15, -0.1) is 0 Å². The number of allylic oxidation sites excluding steroid dienone is 1. The number of methoxy groups -OCH3 is 1. The number of hydrogen-bond donors (Lipinski definition) is 0. The lowest BCUT2D eigenvalue weighted by Gasteiger charge is -2.01. The molecule has 0 saturated heterocycles. The Bertz CT molecular complexity index is 263. The van der Waals surface area contributed by atoms with Gasteiger partial charge in [0.05, 0.1) is 7.11 Å². The van der Waals surface area contributed by atoms with Crippen molar-refractivity contribution < 1.29 is 9.15 Å². The van der Waals surface area contributed by atoms with E-state index in [4.69, 9.17) is 15.7 Å². The molecule has 0 aliphatic carbocycles. The van der Waals surface area contributed by atoms with Crippen molar-refractivity contribution >= 4 is 0 Å². The van der Waals surface area contributed by atoms with E-state index in [0.717, 1.165) is 24.4 Å². The molecule has 0 aliphatic heterocycles. The minimum Gasteiger partial charge on any atom is -0.493 e. The Morgan fingerprint density at radius 1 is 1.69 bits per heavy atom. The van der Waals surface area contributed by atoms with Gasteiger partial charge in [0, 0.05) is 12.5 Å². The first-order chi connectivity index (χ1) is 6.26. The Morgan fingerprint density at radius 3 is 3.00 bits per heavy atom. The van der Waals surface area contributed by atoms with Gasteiger partial charge in [-0.3, -0.25) is 0 Å². The third kappa shape index (κ3) is 2.98. The summed E-state index contributed by atoms with van der Waals surface area (Å²) in [6.45, 7) is 7.47. The summed E-state index contributed by atoms with van der Waals surface area (Å²) in [5.74, 6) is 2.15. The van der Waals surface area contributed by atoms with Crippen LogP contribution in [0, 0.1) is 12.5 Å². The SMILES string of the molecule is [CH]=CC(C)CCc1cc(OC)co1. The lowest BCUT2D eigenvalue weighted by atomic mass is 10.1. The van der Waals surface area contributed by atoms with Crippen molar-refractivity contribution in [1.82, 2.24) is 0 Å². The van der Waals surface area contributed by atoms with Crippen LogP contribution in [0.5, 0.6) is 5.75 Å². The van der Waals surface area contributed by atoms with Crippen LogP contribution in [-0.4, -0.2) is 7.11 Å². The molecule has 0 fully saturated rings. The van der Waals surface area contributed by atoms with Crippen LogP contribution in [0.15, 0.2) is 22.8 Å². The maximum absolute atomic E-state index is 5.39. The van der Waals surface area contributed by atoms with Crippen molar-refractivity contribution in [2.45, 2.75) is 19.8 Å². The fourth-order valence-electron chi connectivity index (χ4n) is 1.06. The van der Waals surface area contributed by atoms with E-state index in [0.29, 0.717) is 5.92 Å². The van der Waals surface area contributed by atoms with Crippen LogP contribution in [0.3, 0.4) is 0 Å². The van der Waals surface area contributed by atoms with Gasteiger partial charge < -0.3 is 9.15 Å². The normalized spacial score (nSPS) is 12.5. The van der Waals surface area contributed by atoms with Crippen LogP contribution in [0.4, 0.5) is 0 Å². The van der Waals surface area contributed by atoms with Crippen LogP contribution >= 0.6 is 0 Å². The molecule has 0 N–H and O–H groups in total. The van der Waals surface area contributed by atoms with Crippen molar-refractivity contribution in [1.29, 1.82) is 0 Å². The molecule has 2 heteroatoms. The average Bonchev–Trinajstić information content (AvgIpc) is 2.61. The molecule has 2 nitrogen and oxygen atoms in total. The smallest absolute Gasteiger partial charge is 0.157 e. The van der Waals surface area contributed by atoms with E-state index in [-0.39, 0.29) is 0 Å². The quantitative estimate of drug-likeness (QED) is 0.693. The monoisotopic (exact) mass is 179 g/mol. The van der Waals surface area contributed by atoms with Crippen LogP contribution in [0.25, 0.3) is 0 Å². The van der Waals surface area contributed by atoms with Gasteiger partial charge in [0.1, 0.15) is 12.0 Å². The van der Waals surface area contributed by atoms with Gasteiger partial charge >= 0.3 is 0 Å². The Hall–Kier alpha value is -1.18. The third-order valence-electron chi connectivity index (χ3n) is 2.04. The van der Waals surface area contributed by atoms with Crippen molar-refractivity contribution in [3.63, 3.8) is 0 Å². The van der Waals surface area contributed by atoms with Crippen LogP contribution < -0.4 is 4.74 Å². The van der Waals surface area contributed by atoms with Crippen LogP contribution in [0.1, 0.15) is 19.1 Å². The molecule has 1 aromatic rings. The number of rotatable bonds is 5. The Kier molecular flexibility index (Phi) is 3.62. The van der Waals surface area contributed by atoms with Crippen molar-refractivity contribution in [3.8, 4) is 5.75 Å². The fourth-order valence-corrected chi connectivity index (χ4v) is 1.06. The number of ether oxygens (including phenoxy) is 1. The fraction of sp³-hybridized carbons (Fsp3) is 0.455. The predicted octanol–water partition coefficient (Wildman–Crippen LogP) is 2.85. The van der Waals surface area contributed by atoms with Gasteiger partial charge in [-0.25, -0.2) is 0 Å². The maximum atomic E-state index is 5.39. The van der Waals surface area contributed by atoms with Gasteiger partial charge in [-0.1, -0.05) is 19.6 Å². The van der Waals surface area contributed by atoms with E-state index in [1.165, 1.54) is 0 Å². The lowest BCUT2D eigenvalue weighted by Crippen LogP contribution is -1.91. The summed E-state index contributed by atoms with van der Waals surface area (Å²) in [6, 6.07) is 1.91. The molecule has 0 aromatic carbocycles. The maximum Gasteiger partial charge on any atom is 0.157 e. The Labute approximate surface area is 79.2 Å². The number of furan rings is 1. The largest absolute Gasteiger partial charge is 0.493 e. The highest BCUT2D eigenvalue weighted by Gasteiger charge is 2.03. The average molecular weight is 179 g/mol. The highest BCUT2D eigenvalue weighted by molar-refractivity contribution is 5.19. The number of hydrogen-bond acceptors (Lipinski definition) is 2. The zero-order valence-corrected chi connectivity index (χ0v) is 8.12. The standard InChI is InChI=1S/C11H15O2/c1-4-9(2)5-6-10-7-11(12-3)8-13-10/h1,4,7-9H,5-6H2,2-3H3. The van der Waals surface area contributed by atoms with Crippen molar-refractivity contribution in [2.24, 2.45) is 5.92 Å². The molecular formula is C11H15O2. The molecule has 0 saturated carbocycles. The van der Waals surface area contributed by atoms with Gasteiger partial charge in [0.2, 0.25) is 0 Å². The second-order valence-electron chi connectivity index (χ2n) is 3.16. The van der Waals surface area contributed by atoms with Gasteiger partial charge in [-0.05, 0) is 12.3 Å². The van der Waals surface area contributed by atoms with E-state index in [2.05, 4.69) is 6.92 Å². The number of aryl methyl sites for hydroxylation is 1. The molecule has 1 atom stereocenters. The molecule has 1 heterocycles. The summed E-state index contributed by atoms with van der Waals surface area (Å²) in [6.07, 6.45) is 5.23. The highest BCUT2D eigenvalue weighted by Crippen LogP contribution is 2.18. The van der Waals surface area contributed by atoms with Gasteiger partial charge in [-0.2, -0.15) is 0 Å².